The maximum absolute atomic E-state index is 10.7. The number of rotatable bonds is 9. The average molecular weight is 417 g/mol. The van der Waals surface area contributed by atoms with Gasteiger partial charge in [0.25, 0.3) is 0 Å². The van der Waals surface area contributed by atoms with Crippen molar-refractivity contribution in [3.05, 3.63) is 89.5 Å². The van der Waals surface area contributed by atoms with Gasteiger partial charge in [-0.1, -0.05) is 36.4 Å². The number of pyridine rings is 2. The van der Waals surface area contributed by atoms with Crippen LogP contribution in [0, 0.1) is 5.92 Å². The molecule has 0 bridgehead atoms. The van der Waals surface area contributed by atoms with Crippen molar-refractivity contribution in [1.82, 2.24) is 15.3 Å². The van der Waals surface area contributed by atoms with E-state index < -0.39 is 5.97 Å². The maximum Gasteiger partial charge on any atom is 0.303 e. The Labute approximate surface area is 182 Å². The number of nitrogens with one attached hydrogen (secondary N) is 2. The lowest BCUT2D eigenvalue weighted by Gasteiger charge is -2.33. The van der Waals surface area contributed by atoms with Crippen LogP contribution in [-0.4, -0.2) is 34.1 Å². The molecule has 0 spiro atoms. The van der Waals surface area contributed by atoms with Crippen molar-refractivity contribution >= 4 is 11.7 Å². The molecule has 6 heteroatoms. The zero-order valence-electron chi connectivity index (χ0n) is 17.5. The molecule has 3 N–H and O–H groups in total. The van der Waals surface area contributed by atoms with E-state index in [1.54, 1.807) is 0 Å². The third-order valence-corrected chi connectivity index (χ3v) is 5.79. The van der Waals surface area contributed by atoms with Gasteiger partial charge in [0.15, 0.2) is 0 Å². The second kappa shape index (κ2) is 10.2. The lowest BCUT2D eigenvalue weighted by atomic mass is 9.86. The van der Waals surface area contributed by atoms with Gasteiger partial charge in [-0.25, -0.2) is 0 Å². The number of carboxylic acid groups (broad SMARTS) is 1. The first-order valence-electron chi connectivity index (χ1n) is 10.8. The number of hydrogen-bond acceptors (Lipinski definition) is 5. The lowest BCUT2D eigenvalue weighted by Crippen LogP contribution is -2.37. The van der Waals surface area contributed by atoms with Gasteiger partial charge < -0.3 is 15.7 Å². The van der Waals surface area contributed by atoms with Gasteiger partial charge in [-0.3, -0.25) is 14.8 Å². The van der Waals surface area contributed by atoms with Crippen molar-refractivity contribution in [2.75, 3.05) is 18.4 Å². The predicted octanol–water partition coefficient (Wildman–Crippen LogP) is 3.65. The molecule has 0 amide bonds. The number of nitrogens with zero attached hydrogens (tertiary/aromatic N) is 2. The summed E-state index contributed by atoms with van der Waals surface area (Å²) in [5.74, 6) is -0.390. The van der Waals surface area contributed by atoms with Gasteiger partial charge in [-0.15, -0.1) is 0 Å². The molecule has 160 valence electrons. The minimum absolute atomic E-state index is 0.111. The summed E-state index contributed by atoms with van der Waals surface area (Å²) in [6.45, 7) is 1.74. The Bertz CT molecular complexity index is 992. The number of aryl methyl sites for hydroxylation is 1. The highest BCUT2D eigenvalue weighted by atomic mass is 16.4. The average Bonchev–Trinajstić information content (AvgIpc) is 2.81. The Kier molecular flexibility index (Phi) is 6.89. The second-order valence-corrected chi connectivity index (χ2v) is 7.99. The first-order chi connectivity index (χ1) is 15.2. The fraction of sp³-hybridized carbons (Fsp3) is 0.320. The normalized spacial score (nSPS) is 16.2. The number of anilines is 1. The minimum atomic E-state index is -0.794. The van der Waals surface area contributed by atoms with Crippen molar-refractivity contribution in [3.63, 3.8) is 0 Å². The van der Waals surface area contributed by atoms with Gasteiger partial charge in [0.2, 0.25) is 0 Å². The van der Waals surface area contributed by atoms with Crippen molar-refractivity contribution in [1.29, 1.82) is 0 Å². The van der Waals surface area contributed by atoms with Crippen LogP contribution in [0.4, 0.5) is 5.69 Å². The molecule has 2 atom stereocenters. The SMILES string of the molecule is O=C(O)CCc1ccc(CCN[C@H](c2ccccc2)[C@H]2CNc3cccnc3C2)cn1. The highest BCUT2D eigenvalue weighted by Crippen LogP contribution is 2.31. The fourth-order valence-corrected chi connectivity index (χ4v) is 4.13. The molecule has 0 aliphatic carbocycles. The van der Waals surface area contributed by atoms with Gasteiger partial charge in [0, 0.05) is 43.0 Å². The predicted molar refractivity (Wildman–Crippen MR) is 121 cm³/mol. The lowest BCUT2D eigenvalue weighted by molar-refractivity contribution is -0.136. The van der Waals surface area contributed by atoms with E-state index in [0.29, 0.717) is 12.3 Å². The molecule has 3 heterocycles. The maximum atomic E-state index is 10.7. The molecule has 0 fully saturated rings. The van der Waals surface area contributed by atoms with E-state index >= 15 is 0 Å². The summed E-state index contributed by atoms with van der Waals surface area (Å²) in [5, 5.41) is 16.1. The highest BCUT2D eigenvalue weighted by Gasteiger charge is 2.27. The summed E-state index contributed by atoms with van der Waals surface area (Å²) in [6, 6.07) is 18.9. The third kappa shape index (κ3) is 5.67. The summed E-state index contributed by atoms with van der Waals surface area (Å²) >= 11 is 0. The van der Waals surface area contributed by atoms with Crippen LogP contribution in [0.1, 0.15) is 35.0 Å². The number of hydrogen-bond donors (Lipinski definition) is 3. The molecule has 1 aliphatic heterocycles. The molecule has 1 aliphatic rings. The minimum Gasteiger partial charge on any atom is -0.481 e. The molecule has 4 rings (SSSR count). The molecule has 0 saturated heterocycles. The summed E-state index contributed by atoms with van der Waals surface area (Å²) in [6.07, 6.45) is 6.11. The van der Waals surface area contributed by atoms with E-state index in [0.717, 1.165) is 48.6 Å². The van der Waals surface area contributed by atoms with Crippen molar-refractivity contribution in [3.8, 4) is 0 Å². The standard InChI is InChI=1S/C25H28N4O2/c30-24(31)11-10-21-9-8-18(16-28-21)12-14-27-25(19-5-2-1-3-6-19)20-15-23-22(29-17-20)7-4-13-26-23/h1-9,13,16,20,25,27,29H,10-12,14-15,17H2,(H,30,31)/t20-,25-/m1/s1. The van der Waals surface area contributed by atoms with E-state index in [2.05, 4.69) is 50.9 Å². The Morgan fingerprint density at radius 1 is 1.10 bits per heavy atom. The van der Waals surface area contributed by atoms with Crippen molar-refractivity contribution in [2.45, 2.75) is 31.7 Å². The van der Waals surface area contributed by atoms with Gasteiger partial charge in [0.05, 0.1) is 17.8 Å². The van der Waals surface area contributed by atoms with Gasteiger partial charge in [-0.2, -0.15) is 0 Å². The van der Waals surface area contributed by atoms with E-state index in [1.165, 1.54) is 5.56 Å². The van der Waals surface area contributed by atoms with Gasteiger partial charge in [0.1, 0.15) is 0 Å². The number of carboxylic acids is 1. The summed E-state index contributed by atoms with van der Waals surface area (Å²) in [7, 11) is 0. The quantitative estimate of drug-likeness (QED) is 0.494. The van der Waals surface area contributed by atoms with Crippen LogP contribution in [0.25, 0.3) is 0 Å². The Morgan fingerprint density at radius 2 is 1.97 bits per heavy atom. The molecular weight excluding hydrogens is 388 g/mol. The molecule has 1 aromatic carbocycles. The van der Waals surface area contributed by atoms with Crippen LogP contribution in [0.15, 0.2) is 67.0 Å². The Morgan fingerprint density at radius 3 is 2.74 bits per heavy atom. The molecule has 6 nitrogen and oxygen atoms in total. The zero-order valence-corrected chi connectivity index (χ0v) is 17.5. The van der Waals surface area contributed by atoms with E-state index in [-0.39, 0.29) is 12.5 Å². The van der Waals surface area contributed by atoms with Crippen LogP contribution in [0.5, 0.6) is 0 Å². The Hall–Kier alpha value is -3.25. The van der Waals surface area contributed by atoms with E-state index in [4.69, 9.17) is 5.11 Å². The zero-order chi connectivity index (χ0) is 21.5. The number of aliphatic carboxylic acids is 1. The molecular formula is C25H28N4O2. The number of carbonyl (C=O) groups is 1. The van der Waals surface area contributed by atoms with Gasteiger partial charge >= 0.3 is 5.97 Å². The molecule has 0 saturated carbocycles. The summed E-state index contributed by atoms with van der Waals surface area (Å²) < 4.78 is 0. The van der Waals surface area contributed by atoms with Crippen LogP contribution in [0.2, 0.25) is 0 Å². The van der Waals surface area contributed by atoms with Crippen LogP contribution >= 0.6 is 0 Å². The monoisotopic (exact) mass is 416 g/mol. The molecule has 31 heavy (non-hydrogen) atoms. The summed E-state index contributed by atoms with van der Waals surface area (Å²) in [5.41, 5.74) is 5.52. The molecule has 0 unspecified atom stereocenters. The van der Waals surface area contributed by atoms with Crippen LogP contribution < -0.4 is 10.6 Å². The fourth-order valence-electron chi connectivity index (χ4n) is 4.13. The Balaban J connectivity index is 1.39. The highest BCUT2D eigenvalue weighted by molar-refractivity contribution is 5.66. The first kappa shape index (κ1) is 21.0. The molecule has 3 aromatic rings. The first-order valence-corrected chi connectivity index (χ1v) is 10.8. The smallest absolute Gasteiger partial charge is 0.303 e. The largest absolute Gasteiger partial charge is 0.481 e. The number of benzene rings is 1. The van der Waals surface area contributed by atoms with E-state index in [9.17, 15) is 4.79 Å². The number of fused-ring (bicyclic) bond motifs is 1. The summed E-state index contributed by atoms with van der Waals surface area (Å²) in [4.78, 5) is 19.7. The van der Waals surface area contributed by atoms with Crippen LogP contribution in [0.3, 0.4) is 0 Å². The number of aromatic nitrogens is 2. The second-order valence-electron chi connectivity index (χ2n) is 7.99. The molecule has 0 radical (unpaired) electrons. The van der Waals surface area contributed by atoms with Gasteiger partial charge in [-0.05, 0) is 48.7 Å². The molecule has 2 aromatic heterocycles. The van der Waals surface area contributed by atoms with Crippen molar-refractivity contribution < 1.29 is 9.90 Å². The van der Waals surface area contributed by atoms with Crippen molar-refractivity contribution in [2.24, 2.45) is 5.92 Å². The van der Waals surface area contributed by atoms with E-state index in [1.807, 2.05) is 36.7 Å². The van der Waals surface area contributed by atoms with Crippen LogP contribution in [-0.2, 0) is 24.1 Å². The third-order valence-electron chi connectivity index (χ3n) is 5.79. The topological polar surface area (TPSA) is 87.1 Å².